The van der Waals surface area contributed by atoms with E-state index in [1.807, 2.05) is 12.1 Å². The number of benzene rings is 2. The third kappa shape index (κ3) is 5.15. The average molecular weight is 296 g/mol. The lowest BCUT2D eigenvalue weighted by molar-refractivity contribution is 0.402. The molecule has 0 aliphatic carbocycles. The van der Waals surface area contributed by atoms with Gasteiger partial charge in [-0.3, -0.25) is 0 Å². The molecule has 0 aromatic heterocycles. The summed E-state index contributed by atoms with van der Waals surface area (Å²) in [6.07, 6.45) is 0. The fourth-order valence-corrected chi connectivity index (χ4v) is 2.58. The van der Waals surface area contributed by atoms with Crippen molar-refractivity contribution in [1.82, 2.24) is 4.90 Å². The number of phenolic OH excluding ortho intramolecular Hbond substituents is 1. The van der Waals surface area contributed by atoms with Crippen molar-refractivity contribution in [3.63, 3.8) is 0 Å². The predicted molar refractivity (Wildman–Crippen MR) is 83.3 cm³/mol. The highest BCUT2D eigenvalue weighted by Gasteiger charge is 2.00. The maximum Gasteiger partial charge on any atom is 0.116 e. The molecule has 0 bridgehead atoms. The van der Waals surface area contributed by atoms with Crippen LogP contribution in [0.1, 0.15) is 5.56 Å². The van der Waals surface area contributed by atoms with Gasteiger partial charge in [-0.25, -0.2) is 0 Å². The largest absolute Gasteiger partial charge is 0.508 e. The van der Waals surface area contributed by atoms with Gasteiger partial charge in [0.1, 0.15) is 5.75 Å². The van der Waals surface area contributed by atoms with Crippen molar-refractivity contribution in [2.75, 3.05) is 14.1 Å². The molecule has 2 rings (SSSR count). The first-order valence-corrected chi connectivity index (χ1v) is 6.66. The van der Waals surface area contributed by atoms with Crippen molar-refractivity contribution < 1.29 is 5.11 Å². The van der Waals surface area contributed by atoms with E-state index in [-0.39, 0.29) is 12.4 Å². The number of halogens is 1. The van der Waals surface area contributed by atoms with E-state index in [9.17, 15) is 5.11 Å². The molecule has 0 aliphatic rings. The monoisotopic (exact) mass is 295 g/mol. The summed E-state index contributed by atoms with van der Waals surface area (Å²) in [4.78, 5) is 4.38. The van der Waals surface area contributed by atoms with Crippen LogP contribution in [0.5, 0.6) is 5.75 Å². The number of aromatic hydroxyl groups is 1. The van der Waals surface area contributed by atoms with Crippen molar-refractivity contribution >= 4 is 24.2 Å². The summed E-state index contributed by atoms with van der Waals surface area (Å²) in [5, 5.41) is 9.42. The second kappa shape index (κ2) is 7.43. The van der Waals surface area contributed by atoms with E-state index in [4.69, 9.17) is 0 Å². The Bertz CT molecular complexity index is 514. The SMILES string of the molecule is CN(C)Cc1ccc(Sc2cccc(O)c2)cc1.Cl. The van der Waals surface area contributed by atoms with Crippen LogP contribution in [0, 0.1) is 0 Å². The first-order chi connectivity index (χ1) is 8.63. The molecule has 0 saturated heterocycles. The zero-order valence-corrected chi connectivity index (χ0v) is 12.7. The van der Waals surface area contributed by atoms with Crippen LogP contribution < -0.4 is 0 Å². The molecule has 0 unspecified atom stereocenters. The lowest BCUT2D eigenvalue weighted by Crippen LogP contribution is -2.10. The summed E-state index contributed by atoms with van der Waals surface area (Å²) >= 11 is 1.66. The van der Waals surface area contributed by atoms with Crippen molar-refractivity contribution in [2.45, 2.75) is 16.3 Å². The summed E-state index contributed by atoms with van der Waals surface area (Å²) < 4.78 is 0. The third-order valence-corrected chi connectivity index (χ3v) is 3.47. The van der Waals surface area contributed by atoms with Crippen LogP contribution in [0.4, 0.5) is 0 Å². The topological polar surface area (TPSA) is 23.5 Å². The fourth-order valence-electron chi connectivity index (χ4n) is 1.71. The smallest absolute Gasteiger partial charge is 0.116 e. The Morgan fingerprint density at radius 3 is 2.26 bits per heavy atom. The minimum atomic E-state index is 0. The summed E-state index contributed by atoms with van der Waals surface area (Å²) in [6.45, 7) is 0.955. The van der Waals surface area contributed by atoms with Crippen LogP contribution in [0.2, 0.25) is 0 Å². The Morgan fingerprint density at radius 2 is 1.68 bits per heavy atom. The molecule has 2 aromatic rings. The van der Waals surface area contributed by atoms with Gasteiger partial charge >= 0.3 is 0 Å². The van der Waals surface area contributed by atoms with Gasteiger partial charge in [-0.1, -0.05) is 30.0 Å². The predicted octanol–water partition coefficient (Wildman–Crippen LogP) is 4.03. The Labute approximate surface area is 124 Å². The van der Waals surface area contributed by atoms with Gasteiger partial charge in [0.25, 0.3) is 0 Å². The standard InChI is InChI=1S/C15H17NOS.ClH/c1-16(2)11-12-6-8-14(9-7-12)18-15-5-3-4-13(17)10-15;/h3-10,17H,11H2,1-2H3;1H. The van der Waals surface area contributed by atoms with Crippen molar-refractivity contribution in [3.8, 4) is 5.75 Å². The lowest BCUT2D eigenvalue weighted by atomic mass is 10.2. The minimum Gasteiger partial charge on any atom is -0.508 e. The van der Waals surface area contributed by atoms with E-state index in [2.05, 4.69) is 43.3 Å². The molecule has 2 aromatic carbocycles. The van der Waals surface area contributed by atoms with Crippen LogP contribution in [0.15, 0.2) is 58.3 Å². The number of hydrogen-bond donors (Lipinski definition) is 1. The van der Waals surface area contributed by atoms with Gasteiger partial charge in [-0.2, -0.15) is 0 Å². The van der Waals surface area contributed by atoms with Gasteiger partial charge < -0.3 is 10.0 Å². The second-order valence-corrected chi connectivity index (χ2v) is 5.63. The highest BCUT2D eigenvalue weighted by molar-refractivity contribution is 7.99. The van der Waals surface area contributed by atoms with E-state index < -0.39 is 0 Å². The lowest BCUT2D eigenvalue weighted by Gasteiger charge is -2.10. The molecule has 1 N–H and O–H groups in total. The molecular formula is C15H18ClNOS. The van der Waals surface area contributed by atoms with E-state index in [1.54, 1.807) is 23.9 Å². The van der Waals surface area contributed by atoms with Gasteiger partial charge in [-0.05, 0) is 50.0 Å². The molecule has 0 atom stereocenters. The van der Waals surface area contributed by atoms with Crippen LogP contribution in [-0.4, -0.2) is 24.1 Å². The normalized spacial score (nSPS) is 10.3. The molecular weight excluding hydrogens is 278 g/mol. The van der Waals surface area contributed by atoms with Crippen molar-refractivity contribution in [3.05, 3.63) is 54.1 Å². The van der Waals surface area contributed by atoms with Gasteiger partial charge in [0.2, 0.25) is 0 Å². The minimum absolute atomic E-state index is 0. The second-order valence-electron chi connectivity index (χ2n) is 4.48. The molecule has 0 amide bonds. The van der Waals surface area contributed by atoms with Crippen molar-refractivity contribution in [1.29, 1.82) is 0 Å². The molecule has 0 aliphatic heterocycles. The van der Waals surface area contributed by atoms with Crippen LogP contribution >= 0.6 is 24.2 Å². The van der Waals surface area contributed by atoms with Gasteiger partial charge in [0.15, 0.2) is 0 Å². The highest BCUT2D eigenvalue weighted by Crippen LogP contribution is 2.29. The number of nitrogens with zero attached hydrogens (tertiary/aromatic N) is 1. The molecule has 0 saturated carbocycles. The number of rotatable bonds is 4. The zero-order valence-electron chi connectivity index (χ0n) is 11.0. The summed E-state index contributed by atoms with van der Waals surface area (Å²) in [6, 6.07) is 15.8. The molecule has 2 nitrogen and oxygen atoms in total. The van der Waals surface area contributed by atoms with Crippen LogP contribution in [0.25, 0.3) is 0 Å². The number of phenols is 1. The maximum absolute atomic E-state index is 9.42. The van der Waals surface area contributed by atoms with Crippen LogP contribution in [-0.2, 0) is 6.54 Å². The summed E-state index contributed by atoms with van der Waals surface area (Å²) in [5.41, 5.74) is 1.31. The van der Waals surface area contributed by atoms with Gasteiger partial charge in [0, 0.05) is 16.3 Å². The third-order valence-electron chi connectivity index (χ3n) is 2.48. The van der Waals surface area contributed by atoms with E-state index in [0.29, 0.717) is 5.75 Å². The molecule has 0 radical (unpaired) electrons. The number of hydrogen-bond acceptors (Lipinski definition) is 3. The summed E-state index contributed by atoms with van der Waals surface area (Å²) in [7, 11) is 4.13. The fraction of sp³-hybridized carbons (Fsp3) is 0.200. The summed E-state index contributed by atoms with van der Waals surface area (Å²) in [5.74, 6) is 0.309. The highest BCUT2D eigenvalue weighted by atomic mass is 35.5. The first kappa shape index (κ1) is 15.9. The van der Waals surface area contributed by atoms with Crippen molar-refractivity contribution in [2.24, 2.45) is 0 Å². The van der Waals surface area contributed by atoms with Gasteiger partial charge in [-0.15, -0.1) is 12.4 Å². The Hall–Kier alpha value is -1.16. The van der Waals surface area contributed by atoms with E-state index >= 15 is 0 Å². The molecule has 4 heteroatoms. The molecule has 0 heterocycles. The van der Waals surface area contributed by atoms with Gasteiger partial charge in [0.05, 0.1) is 0 Å². The Morgan fingerprint density at radius 1 is 1.00 bits per heavy atom. The molecule has 0 spiro atoms. The average Bonchev–Trinajstić information content (AvgIpc) is 2.31. The maximum atomic E-state index is 9.42. The zero-order chi connectivity index (χ0) is 13.0. The Kier molecular flexibility index (Phi) is 6.22. The van der Waals surface area contributed by atoms with E-state index in [1.165, 1.54) is 10.5 Å². The molecule has 19 heavy (non-hydrogen) atoms. The first-order valence-electron chi connectivity index (χ1n) is 5.84. The van der Waals surface area contributed by atoms with E-state index in [0.717, 1.165) is 11.4 Å². The molecule has 0 fully saturated rings. The van der Waals surface area contributed by atoms with Crippen LogP contribution in [0.3, 0.4) is 0 Å². The molecule has 102 valence electrons. The quantitative estimate of drug-likeness (QED) is 0.921. The Balaban J connectivity index is 0.00000180.